The number of fused-ring (bicyclic) bond motifs is 3. The highest BCUT2D eigenvalue weighted by atomic mass is 35.5. The van der Waals surface area contributed by atoms with Crippen LogP contribution in [0.4, 0.5) is 16.2 Å². The third-order valence-electron chi connectivity index (χ3n) is 6.17. The summed E-state index contributed by atoms with van der Waals surface area (Å²) in [6.07, 6.45) is 1.58. The van der Waals surface area contributed by atoms with Gasteiger partial charge in [-0.1, -0.05) is 48.0 Å². The van der Waals surface area contributed by atoms with Crippen molar-refractivity contribution >= 4 is 34.9 Å². The van der Waals surface area contributed by atoms with Crippen LogP contribution in [0.3, 0.4) is 0 Å². The minimum Gasteiger partial charge on any atom is -0.394 e. The van der Waals surface area contributed by atoms with Crippen molar-refractivity contribution in [1.82, 2.24) is 9.88 Å². The molecule has 1 fully saturated rings. The summed E-state index contributed by atoms with van der Waals surface area (Å²) in [6, 6.07) is 18.8. The predicted octanol–water partition coefficient (Wildman–Crippen LogP) is 3.76. The fourth-order valence-electron chi connectivity index (χ4n) is 4.73. The normalized spacial score (nSPS) is 21.2. The lowest BCUT2D eigenvalue weighted by molar-refractivity contribution is -0.00267. The van der Waals surface area contributed by atoms with Crippen molar-refractivity contribution in [3.63, 3.8) is 0 Å². The van der Waals surface area contributed by atoms with E-state index >= 15 is 0 Å². The van der Waals surface area contributed by atoms with Gasteiger partial charge in [-0.3, -0.25) is 9.78 Å². The van der Waals surface area contributed by atoms with Crippen LogP contribution in [0.2, 0.25) is 5.02 Å². The van der Waals surface area contributed by atoms with Crippen LogP contribution < -0.4 is 10.2 Å². The summed E-state index contributed by atoms with van der Waals surface area (Å²) in [4.78, 5) is 33.9. The fraction of sp³-hybridized carbons (Fsp3) is 0.208. The van der Waals surface area contributed by atoms with Crippen molar-refractivity contribution in [2.45, 2.75) is 18.0 Å². The fourth-order valence-corrected chi connectivity index (χ4v) is 4.91. The van der Waals surface area contributed by atoms with E-state index in [1.54, 1.807) is 58.5 Å². The van der Waals surface area contributed by atoms with E-state index in [-0.39, 0.29) is 30.5 Å². The van der Waals surface area contributed by atoms with Gasteiger partial charge in [0.25, 0.3) is 5.91 Å². The van der Waals surface area contributed by atoms with Crippen molar-refractivity contribution in [3.05, 3.63) is 89.2 Å². The lowest BCUT2D eigenvalue weighted by Crippen LogP contribution is -2.71. The average Bonchev–Trinajstić information content (AvgIpc) is 2.81. The van der Waals surface area contributed by atoms with Crippen LogP contribution in [0.25, 0.3) is 0 Å². The zero-order valence-corrected chi connectivity index (χ0v) is 17.8. The van der Waals surface area contributed by atoms with E-state index in [0.717, 1.165) is 11.3 Å². The Kier molecular flexibility index (Phi) is 5.28. The topological polar surface area (TPSA) is 85.8 Å². The van der Waals surface area contributed by atoms with Gasteiger partial charge in [0.05, 0.1) is 29.4 Å². The second-order valence-electron chi connectivity index (χ2n) is 7.85. The largest absolute Gasteiger partial charge is 0.394 e. The number of anilines is 2. The lowest BCUT2D eigenvalue weighted by atomic mass is 9.72. The number of carbonyl (C=O) groups is 2. The number of nitrogens with one attached hydrogen (secondary N) is 1. The van der Waals surface area contributed by atoms with Crippen LogP contribution in [-0.4, -0.2) is 52.2 Å². The monoisotopic (exact) mass is 448 g/mol. The summed E-state index contributed by atoms with van der Waals surface area (Å²) in [6.45, 7) is 0.128. The molecule has 0 aliphatic carbocycles. The molecule has 7 nitrogen and oxygen atoms in total. The minimum atomic E-state index is -0.393. The second-order valence-corrected chi connectivity index (χ2v) is 8.26. The predicted molar refractivity (Wildman–Crippen MR) is 122 cm³/mol. The summed E-state index contributed by atoms with van der Waals surface area (Å²) in [5, 5.41) is 13.4. The van der Waals surface area contributed by atoms with Gasteiger partial charge in [-0.2, -0.15) is 0 Å². The van der Waals surface area contributed by atoms with Crippen molar-refractivity contribution < 1.29 is 14.7 Å². The number of carbonyl (C=O) groups excluding carboxylic acids is 2. The number of hydrogen-bond acceptors (Lipinski definition) is 4. The zero-order chi connectivity index (χ0) is 22.2. The van der Waals surface area contributed by atoms with E-state index < -0.39 is 6.04 Å². The minimum absolute atomic E-state index is 0.0685. The highest BCUT2D eigenvalue weighted by Crippen LogP contribution is 2.48. The number of pyridine rings is 1. The van der Waals surface area contributed by atoms with E-state index in [9.17, 15) is 14.7 Å². The van der Waals surface area contributed by atoms with Crippen LogP contribution in [0.5, 0.6) is 0 Å². The van der Waals surface area contributed by atoms with Crippen LogP contribution in [0.1, 0.15) is 22.0 Å². The SMILES string of the molecule is O=C(c1ccccn1)N1C[C@@H]2[C@H](c3ccccc31)[C@@H](CO)N2C(=O)Nc1ccccc1Cl. The first kappa shape index (κ1) is 20.5. The molecule has 1 aromatic heterocycles. The molecule has 0 unspecified atom stereocenters. The second kappa shape index (κ2) is 8.26. The van der Waals surface area contributed by atoms with E-state index in [1.165, 1.54) is 0 Å². The molecule has 2 N–H and O–H groups in total. The van der Waals surface area contributed by atoms with E-state index in [1.807, 2.05) is 24.3 Å². The van der Waals surface area contributed by atoms with Gasteiger partial charge in [0.1, 0.15) is 5.69 Å². The molecule has 2 aliphatic heterocycles. The van der Waals surface area contributed by atoms with Gasteiger partial charge in [0, 0.05) is 24.3 Å². The number of likely N-dealkylation sites (tertiary alicyclic amines) is 1. The summed E-state index contributed by atoms with van der Waals surface area (Å²) in [5.41, 5.74) is 2.56. The summed E-state index contributed by atoms with van der Waals surface area (Å²) < 4.78 is 0. The molecule has 2 aromatic carbocycles. The van der Waals surface area contributed by atoms with E-state index in [0.29, 0.717) is 22.9 Å². The van der Waals surface area contributed by atoms with Gasteiger partial charge in [-0.15, -0.1) is 0 Å². The standard InChI is InChI=1S/C24H21ClN4O3/c25-16-8-2-3-9-17(16)27-24(32)29-20-13-28(23(31)18-10-5-6-12-26-18)19-11-4-1-7-15(19)22(20)21(29)14-30/h1-12,20-22,30H,13-14H2,(H,27,32)/t20-,21-,22+/m1/s1. The maximum Gasteiger partial charge on any atom is 0.322 e. The van der Waals surface area contributed by atoms with Crippen LogP contribution in [0.15, 0.2) is 72.9 Å². The quantitative estimate of drug-likeness (QED) is 0.639. The molecular weight excluding hydrogens is 428 g/mol. The van der Waals surface area contributed by atoms with Gasteiger partial charge in [0.15, 0.2) is 0 Å². The van der Waals surface area contributed by atoms with Gasteiger partial charge in [-0.25, -0.2) is 4.79 Å². The van der Waals surface area contributed by atoms with Crippen molar-refractivity contribution in [1.29, 1.82) is 0 Å². The average molecular weight is 449 g/mol. The molecule has 8 heteroatoms. The number of aromatic nitrogens is 1. The van der Waals surface area contributed by atoms with E-state index in [2.05, 4.69) is 10.3 Å². The van der Waals surface area contributed by atoms with Crippen molar-refractivity contribution in [3.8, 4) is 0 Å². The van der Waals surface area contributed by atoms with Gasteiger partial charge in [-0.05, 0) is 35.9 Å². The van der Waals surface area contributed by atoms with Crippen molar-refractivity contribution in [2.75, 3.05) is 23.4 Å². The number of halogens is 1. The molecule has 3 atom stereocenters. The number of aliphatic hydroxyl groups excluding tert-OH is 1. The molecule has 3 heterocycles. The lowest BCUT2D eigenvalue weighted by Gasteiger charge is -2.58. The number of aliphatic hydroxyl groups is 1. The smallest absolute Gasteiger partial charge is 0.322 e. The number of urea groups is 1. The molecule has 0 bridgehead atoms. The molecule has 162 valence electrons. The Morgan fingerprint density at radius 3 is 2.56 bits per heavy atom. The Balaban J connectivity index is 1.48. The van der Waals surface area contributed by atoms with Gasteiger partial charge >= 0.3 is 6.03 Å². The van der Waals surface area contributed by atoms with Crippen LogP contribution >= 0.6 is 11.6 Å². The molecule has 0 radical (unpaired) electrons. The molecule has 3 amide bonds. The summed E-state index contributed by atoms with van der Waals surface area (Å²) in [5.74, 6) is -0.295. The number of nitrogens with zero attached hydrogens (tertiary/aromatic N) is 3. The van der Waals surface area contributed by atoms with Gasteiger partial charge < -0.3 is 20.2 Å². The van der Waals surface area contributed by atoms with E-state index in [4.69, 9.17) is 11.6 Å². The number of amides is 3. The van der Waals surface area contributed by atoms with Gasteiger partial charge in [0.2, 0.25) is 0 Å². The Bertz CT molecular complexity index is 1170. The first-order chi connectivity index (χ1) is 15.6. The third kappa shape index (κ3) is 3.30. The summed E-state index contributed by atoms with van der Waals surface area (Å²) >= 11 is 6.20. The molecule has 2 aliphatic rings. The summed E-state index contributed by atoms with van der Waals surface area (Å²) in [7, 11) is 0. The third-order valence-corrected chi connectivity index (χ3v) is 6.50. The maximum atomic E-state index is 13.3. The molecule has 5 rings (SSSR count). The van der Waals surface area contributed by atoms with Crippen molar-refractivity contribution in [2.24, 2.45) is 0 Å². The van der Waals surface area contributed by atoms with Crippen LogP contribution in [0, 0.1) is 0 Å². The van der Waals surface area contributed by atoms with Crippen LogP contribution in [-0.2, 0) is 0 Å². The number of para-hydroxylation sites is 2. The highest BCUT2D eigenvalue weighted by Gasteiger charge is 2.55. The Hall–Kier alpha value is -3.42. The Morgan fingerprint density at radius 2 is 1.81 bits per heavy atom. The highest BCUT2D eigenvalue weighted by molar-refractivity contribution is 6.33. The molecule has 3 aromatic rings. The first-order valence-corrected chi connectivity index (χ1v) is 10.7. The number of rotatable bonds is 3. The molecule has 0 spiro atoms. The molecule has 0 saturated carbocycles. The Labute approximate surface area is 190 Å². The zero-order valence-electron chi connectivity index (χ0n) is 17.1. The number of benzene rings is 2. The maximum absolute atomic E-state index is 13.3. The Morgan fingerprint density at radius 1 is 1.06 bits per heavy atom. The number of hydrogen-bond donors (Lipinski definition) is 2. The molecular formula is C24H21ClN4O3. The molecule has 1 saturated heterocycles. The molecule has 32 heavy (non-hydrogen) atoms. The first-order valence-electron chi connectivity index (χ1n) is 10.4.